The van der Waals surface area contributed by atoms with E-state index in [2.05, 4.69) is 0 Å². The molecule has 0 radical (unpaired) electrons. The van der Waals surface area contributed by atoms with Gasteiger partial charge in [-0.05, 0) is 31.0 Å². The first-order valence-electron chi connectivity index (χ1n) is 4.27. The van der Waals surface area contributed by atoms with Gasteiger partial charge in [0.25, 0.3) is 0 Å². The molecule has 0 aliphatic rings. The van der Waals surface area contributed by atoms with E-state index < -0.39 is 5.97 Å². The van der Waals surface area contributed by atoms with Gasteiger partial charge in [-0.3, -0.25) is 0 Å². The summed E-state index contributed by atoms with van der Waals surface area (Å²) in [4.78, 5) is 10.8. The first-order chi connectivity index (χ1) is 6.25. The Kier molecular flexibility index (Phi) is 3.46. The molecule has 0 fully saturated rings. The van der Waals surface area contributed by atoms with Crippen molar-refractivity contribution in [3.63, 3.8) is 0 Å². The number of carboxylic acids is 1. The number of hydrogen-bond donors (Lipinski definition) is 2. The monoisotopic (exact) mass is 179 g/mol. The van der Waals surface area contributed by atoms with Crippen molar-refractivity contribution in [2.45, 2.75) is 12.8 Å². The van der Waals surface area contributed by atoms with Crippen molar-refractivity contribution in [3.8, 4) is 0 Å². The highest BCUT2D eigenvalue weighted by molar-refractivity contribution is 5.89. The lowest BCUT2D eigenvalue weighted by molar-refractivity contribution is 0.0695. The van der Waals surface area contributed by atoms with Crippen molar-refractivity contribution in [2.75, 3.05) is 6.54 Å². The summed E-state index contributed by atoms with van der Waals surface area (Å²) in [5.41, 5.74) is 6.60. The molecular formula is C10H13NO2. The van der Waals surface area contributed by atoms with Crippen molar-refractivity contribution in [2.24, 2.45) is 5.73 Å². The Bertz CT molecular complexity index is 297. The van der Waals surface area contributed by atoms with Crippen molar-refractivity contribution in [1.82, 2.24) is 0 Å². The Morgan fingerprint density at radius 2 is 2.08 bits per heavy atom. The molecule has 0 unspecified atom stereocenters. The van der Waals surface area contributed by atoms with Gasteiger partial charge >= 0.3 is 5.97 Å². The van der Waals surface area contributed by atoms with E-state index >= 15 is 0 Å². The highest BCUT2D eigenvalue weighted by Crippen LogP contribution is 2.10. The average Bonchev–Trinajstić information content (AvgIpc) is 2.15. The number of nitrogens with two attached hydrogens (primary N) is 1. The van der Waals surface area contributed by atoms with Crippen molar-refractivity contribution in [1.29, 1.82) is 0 Å². The van der Waals surface area contributed by atoms with E-state index in [1.54, 1.807) is 12.1 Å². The summed E-state index contributed by atoms with van der Waals surface area (Å²) in [6.45, 7) is 0.591. The van der Waals surface area contributed by atoms with Crippen LogP contribution in [-0.4, -0.2) is 17.6 Å². The van der Waals surface area contributed by atoms with Crippen LogP contribution < -0.4 is 5.73 Å². The van der Waals surface area contributed by atoms with Crippen LogP contribution in [0.15, 0.2) is 24.3 Å². The lowest BCUT2D eigenvalue weighted by atomic mass is 10.0. The molecule has 70 valence electrons. The Hall–Kier alpha value is -1.35. The van der Waals surface area contributed by atoms with E-state index in [1.807, 2.05) is 12.1 Å². The largest absolute Gasteiger partial charge is 0.478 e. The third-order valence-electron chi connectivity index (χ3n) is 1.90. The van der Waals surface area contributed by atoms with Crippen LogP contribution in [0.2, 0.25) is 0 Å². The van der Waals surface area contributed by atoms with E-state index in [1.165, 1.54) is 0 Å². The van der Waals surface area contributed by atoms with Gasteiger partial charge in [0.15, 0.2) is 0 Å². The maximum absolute atomic E-state index is 10.8. The zero-order valence-corrected chi connectivity index (χ0v) is 7.36. The smallest absolute Gasteiger partial charge is 0.335 e. The van der Waals surface area contributed by atoms with Gasteiger partial charge in [0.05, 0.1) is 5.56 Å². The highest BCUT2D eigenvalue weighted by Gasteiger charge is 2.07. The molecular weight excluding hydrogens is 166 g/mol. The maximum Gasteiger partial charge on any atom is 0.335 e. The predicted octanol–water partition coefficient (Wildman–Crippen LogP) is 1.28. The maximum atomic E-state index is 10.8. The van der Waals surface area contributed by atoms with Crippen LogP contribution >= 0.6 is 0 Å². The fourth-order valence-corrected chi connectivity index (χ4v) is 1.24. The minimum atomic E-state index is -0.868. The van der Waals surface area contributed by atoms with Gasteiger partial charge in [0.1, 0.15) is 0 Å². The van der Waals surface area contributed by atoms with Gasteiger partial charge in [0, 0.05) is 0 Å². The molecule has 3 heteroatoms. The predicted molar refractivity (Wildman–Crippen MR) is 50.8 cm³/mol. The molecule has 3 nitrogen and oxygen atoms in total. The second kappa shape index (κ2) is 4.62. The summed E-state index contributed by atoms with van der Waals surface area (Å²) in [6, 6.07) is 7.03. The van der Waals surface area contributed by atoms with Crippen LogP contribution in [0.3, 0.4) is 0 Å². The molecule has 0 saturated heterocycles. The van der Waals surface area contributed by atoms with Crippen LogP contribution in [-0.2, 0) is 6.42 Å². The molecule has 1 aromatic carbocycles. The van der Waals surface area contributed by atoms with E-state index in [4.69, 9.17) is 10.8 Å². The first-order valence-corrected chi connectivity index (χ1v) is 4.27. The van der Waals surface area contributed by atoms with Gasteiger partial charge in [-0.2, -0.15) is 0 Å². The van der Waals surface area contributed by atoms with Crippen LogP contribution in [0.1, 0.15) is 22.3 Å². The van der Waals surface area contributed by atoms with Gasteiger partial charge in [-0.1, -0.05) is 18.2 Å². The number of hydrogen-bond acceptors (Lipinski definition) is 2. The standard InChI is InChI=1S/C10H13NO2/c11-7-3-5-8-4-1-2-6-9(8)10(12)13/h1-2,4,6H,3,5,7,11H2,(H,12,13). The van der Waals surface area contributed by atoms with E-state index in [0.717, 1.165) is 18.4 Å². The molecule has 1 aromatic rings. The summed E-state index contributed by atoms with van der Waals surface area (Å²) < 4.78 is 0. The second-order valence-corrected chi connectivity index (χ2v) is 2.85. The fourth-order valence-electron chi connectivity index (χ4n) is 1.24. The molecule has 0 atom stereocenters. The molecule has 0 saturated carbocycles. The molecule has 0 amide bonds. The Morgan fingerprint density at radius 1 is 1.38 bits per heavy atom. The number of carbonyl (C=O) groups is 1. The quantitative estimate of drug-likeness (QED) is 0.731. The summed E-state index contributed by atoms with van der Waals surface area (Å²) in [5, 5.41) is 8.83. The number of aryl methyl sites for hydroxylation is 1. The van der Waals surface area contributed by atoms with E-state index in [-0.39, 0.29) is 0 Å². The number of carboxylic acid groups (broad SMARTS) is 1. The lowest BCUT2D eigenvalue weighted by Crippen LogP contribution is -2.05. The van der Waals surface area contributed by atoms with Crippen molar-refractivity contribution < 1.29 is 9.90 Å². The summed E-state index contributed by atoms with van der Waals surface area (Å²) >= 11 is 0. The van der Waals surface area contributed by atoms with Crippen LogP contribution in [0.25, 0.3) is 0 Å². The summed E-state index contributed by atoms with van der Waals surface area (Å²) in [6.07, 6.45) is 1.56. The third-order valence-corrected chi connectivity index (χ3v) is 1.90. The lowest BCUT2D eigenvalue weighted by Gasteiger charge is -2.03. The third kappa shape index (κ3) is 2.56. The molecule has 13 heavy (non-hydrogen) atoms. The molecule has 0 spiro atoms. The zero-order valence-electron chi connectivity index (χ0n) is 7.36. The van der Waals surface area contributed by atoms with Crippen LogP contribution in [0.5, 0.6) is 0 Å². The minimum absolute atomic E-state index is 0.385. The first kappa shape index (κ1) is 9.74. The zero-order chi connectivity index (χ0) is 9.68. The van der Waals surface area contributed by atoms with E-state index in [9.17, 15) is 4.79 Å². The number of benzene rings is 1. The van der Waals surface area contributed by atoms with Crippen LogP contribution in [0.4, 0.5) is 0 Å². The highest BCUT2D eigenvalue weighted by atomic mass is 16.4. The number of rotatable bonds is 4. The molecule has 0 aromatic heterocycles. The molecule has 0 heterocycles. The SMILES string of the molecule is NCCCc1ccccc1C(=O)O. The normalized spacial score (nSPS) is 9.92. The van der Waals surface area contributed by atoms with E-state index in [0.29, 0.717) is 12.1 Å². The molecule has 0 bridgehead atoms. The van der Waals surface area contributed by atoms with Gasteiger partial charge in [-0.15, -0.1) is 0 Å². The van der Waals surface area contributed by atoms with Crippen molar-refractivity contribution in [3.05, 3.63) is 35.4 Å². The molecule has 0 aliphatic carbocycles. The van der Waals surface area contributed by atoms with Crippen LogP contribution in [0, 0.1) is 0 Å². The second-order valence-electron chi connectivity index (χ2n) is 2.85. The fraction of sp³-hybridized carbons (Fsp3) is 0.300. The van der Waals surface area contributed by atoms with Gasteiger partial charge in [-0.25, -0.2) is 4.79 Å². The summed E-state index contributed by atoms with van der Waals surface area (Å²) in [7, 11) is 0. The van der Waals surface area contributed by atoms with Gasteiger partial charge < -0.3 is 10.8 Å². The van der Waals surface area contributed by atoms with Gasteiger partial charge in [0.2, 0.25) is 0 Å². The Labute approximate surface area is 77.2 Å². The number of aromatic carboxylic acids is 1. The molecule has 1 rings (SSSR count). The Balaban J connectivity index is 2.84. The average molecular weight is 179 g/mol. The topological polar surface area (TPSA) is 63.3 Å². The minimum Gasteiger partial charge on any atom is -0.478 e. The summed E-state index contributed by atoms with van der Waals surface area (Å²) in [5.74, 6) is -0.868. The molecule has 3 N–H and O–H groups in total. The Morgan fingerprint density at radius 3 is 2.69 bits per heavy atom. The molecule has 0 aliphatic heterocycles. The van der Waals surface area contributed by atoms with Crippen molar-refractivity contribution >= 4 is 5.97 Å².